The second-order valence-electron chi connectivity index (χ2n) is 7.76. The molecule has 0 bridgehead atoms. The molecule has 2 atom stereocenters. The van der Waals surface area contributed by atoms with Crippen LogP contribution in [0.4, 0.5) is 11.5 Å². The van der Waals surface area contributed by atoms with E-state index in [1.54, 1.807) is 24.5 Å². The number of rotatable bonds is 6. The van der Waals surface area contributed by atoms with Crippen LogP contribution in [0.3, 0.4) is 0 Å². The molecule has 1 aliphatic rings. The van der Waals surface area contributed by atoms with E-state index in [0.717, 1.165) is 30.8 Å². The van der Waals surface area contributed by atoms with Crippen molar-refractivity contribution in [3.63, 3.8) is 0 Å². The lowest BCUT2D eigenvalue weighted by Crippen LogP contribution is -2.38. The molecule has 1 fully saturated rings. The van der Waals surface area contributed by atoms with E-state index >= 15 is 0 Å². The van der Waals surface area contributed by atoms with E-state index in [4.69, 9.17) is 4.74 Å². The van der Waals surface area contributed by atoms with Crippen molar-refractivity contribution in [3.8, 4) is 11.6 Å². The molecule has 0 aliphatic heterocycles. The van der Waals surface area contributed by atoms with Crippen LogP contribution >= 0.6 is 0 Å². The van der Waals surface area contributed by atoms with E-state index in [1.165, 1.54) is 6.42 Å². The lowest BCUT2D eigenvalue weighted by atomic mass is 9.87. The molecular weight excluding hydrogens is 376 g/mol. The Bertz CT molecular complexity index is 976. The summed E-state index contributed by atoms with van der Waals surface area (Å²) in [5.41, 5.74) is 1.35. The Balaban J connectivity index is 1.43. The van der Waals surface area contributed by atoms with Crippen molar-refractivity contribution in [2.24, 2.45) is 5.92 Å². The first kappa shape index (κ1) is 19.9. The third-order valence-electron chi connectivity index (χ3n) is 5.29. The van der Waals surface area contributed by atoms with Crippen molar-refractivity contribution in [1.29, 1.82) is 0 Å². The molecule has 2 heterocycles. The monoisotopic (exact) mass is 402 g/mol. The van der Waals surface area contributed by atoms with Gasteiger partial charge in [-0.25, -0.2) is 9.97 Å². The summed E-state index contributed by atoms with van der Waals surface area (Å²) >= 11 is 0. The molecule has 2 unspecified atom stereocenters. The molecule has 1 saturated carbocycles. The van der Waals surface area contributed by atoms with Crippen LogP contribution in [0.1, 0.15) is 43.0 Å². The maximum atomic E-state index is 12.8. The number of nitrogens with zero attached hydrogens (tertiary/aromatic N) is 2. The van der Waals surface area contributed by atoms with Gasteiger partial charge in [0.15, 0.2) is 0 Å². The summed E-state index contributed by atoms with van der Waals surface area (Å²) in [6.07, 6.45) is 7.80. The van der Waals surface area contributed by atoms with Gasteiger partial charge in [-0.2, -0.15) is 0 Å². The minimum atomic E-state index is -0.134. The quantitative estimate of drug-likeness (QED) is 0.583. The smallest absolute Gasteiger partial charge is 0.257 e. The number of hydrogen-bond acceptors (Lipinski definition) is 5. The number of benzene rings is 1. The standard InChI is InChI=1S/C24H26N4O2/c1-17-6-4-7-19(16-17)28-23(29)21-8-5-15-26-24(21)30-20-12-10-18(11-13-20)27-22-9-2-3-14-25-22/h2-3,5,8-15,17,19H,4,6-7,16H2,1H3,(H,25,27)(H,28,29). The van der Waals surface area contributed by atoms with E-state index in [-0.39, 0.29) is 11.9 Å². The SMILES string of the molecule is CC1CCCC(NC(=O)c2cccnc2Oc2ccc(Nc3ccccn3)cc2)C1. The predicted octanol–water partition coefficient (Wildman–Crippen LogP) is 5.32. The molecule has 2 N–H and O–H groups in total. The number of hydrogen-bond donors (Lipinski definition) is 2. The largest absolute Gasteiger partial charge is 0.438 e. The highest BCUT2D eigenvalue weighted by Crippen LogP contribution is 2.27. The number of carbonyl (C=O) groups excluding carboxylic acids is 1. The Hall–Kier alpha value is -3.41. The second kappa shape index (κ2) is 9.39. The van der Waals surface area contributed by atoms with Gasteiger partial charge in [0.25, 0.3) is 5.91 Å². The number of amides is 1. The minimum Gasteiger partial charge on any atom is -0.438 e. The van der Waals surface area contributed by atoms with Crippen LogP contribution in [-0.2, 0) is 0 Å². The lowest BCUT2D eigenvalue weighted by molar-refractivity contribution is 0.0918. The fraction of sp³-hybridized carbons (Fsp3) is 0.292. The van der Waals surface area contributed by atoms with Crippen LogP contribution < -0.4 is 15.4 Å². The highest BCUT2D eigenvalue weighted by atomic mass is 16.5. The Morgan fingerprint density at radius 1 is 1.00 bits per heavy atom. The van der Waals surface area contributed by atoms with Crippen LogP contribution in [0.25, 0.3) is 0 Å². The molecule has 1 aliphatic carbocycles. The molecule has 154 valence electrons. The molecule has 2 aromatic heterocycles. The minimum absolute atomic E-state index is 0.134. The summed E-state index contributed by atoms with van der Waals surface area (Å²) in [4.78, 5) is 21.4. The van der Waals surface area contributed by atoms with Gasteiger partial charge in [0.1, 0.15) is 17.1 Å². The molecule has 6 heteroatoms. The first-order chi connectivity index (χ1) is 14.7. The van der Waals surface area contributed by atoms with E-state index in [0.29, 0.717) is 23.1 Å². The second-order valence-corrected chi connectivity index (χ2v) is 7.76. The van der Waals surface area contributed by atoms with Crippen LogP contribution in [0, 0.1) is 5.92 Å². The summed E-state index contributed by atoms with van der Waals surface area (Å²) in [5, 5.41) is 6.38. The van der Waals surface area contributed by atoms with Gasteiger partial charge in [0.2, 0.25) is 5.88 Å². The fourth-order valence-electron chi connectivity index (χ4n) is 3.78. The highest BCUT2D eigenvalue weighted by Gasteiger charge is 2.22. The van der Waals surface area contributed by atoms with Crippen molar-refractivity contribution in [1.82, 2.24) is 15.3 Å². The zero-order chi connectivity index (χ0) is 20.8. The molecule has 0 radical (unpaired) electrons. The zero-order valence-corrected chi connectivity index (χ0v) is 17.0. The molecular formula is C24H26N4O2. The van der Waals surface area contributed by atoms with Gasteiger partial charge < -0.3 is 15.4 Å². The average Bonchev–Trinajstić information content (AvgIpc) is 2.76. The molecule has 4 rings (SSSR count). The predicted molar refractivity (Wildman–Crippen MR) is 117 cm³/mol. The van der Waals surface area contributed by atoms with E-state index < -0.39 is 0 Å². The maximum Gasteiger partial charge on any atom is 0.257 e. The van der Waals surface area contributed by atoms with Crippen LogP contribution in [0.15, 0.2) is 67.0 Å². The van der Waals surface area contributed by atoms with Crippen molar-refractivity contribution in [3.05, 3.63) is 72.6 Å². The van der Waals surface area contributed by atoms with Crippen molar-refractivity contribution in [2.45, 2.75) is 38.6 Å². The topological polar surface area (TPSA) is 76.1 Å². The van der Waals surface area contributed by atoms with E-state index in [2.05, 4.69) is 27.5 Å². The van der Waals surface area contributed by atoms with Gasteiger partial charge >= 0.3 is 0 Å². The van der Waals surface area contributed by atoms with E-state index in [1.807, 2.05) is 42.5 Å². The number of pyridine rings is 2. The average molecular weight is 402 g/mol. The Labute approximate surface area is 176 Å². The first-order valence-electron chi connectivity index (χ1n) is 10.4. The number of carbonyl (C=O) groups is 1. The third-order valence-corrected chi connectivity index (χ3v) is 5.29. The van der Waals surface area contributed by atoms with E-state index in [9.17, 15) is 4.79 Å². The Kier molecular flexibility index (Phi) is 6.23. The Morgan fingerprint density at radius 2 is 1.83 bits per heavy atom. The van der Waals surface area contributed by atoms with Gasteiger partial charge in [0, 0.05) is 24.1 Å². The summed E-state index contributed by atoms with van der Waals surface area (Å²) < 4.78 is 5.93. The normalized spacial score (nSPS) is 18.4. The summed E-state index contributed by atoms with van der Waals surface area (Å²) in [6.45, 7) is 2.24. The van der Waals surface area contributed by atoms with Gasteiger partial charge in [-0.15, -0.1) is 0 Å². The molecule has 3 aromatic rings. The molecule has 0 spiro atoms. The Morgan fingerprint density at radius 3 is 2.60 bits per heavy atom. The van der Waals surface area contributed by atoms with Crippen LogP contribution in [0.5, 0.6) is 11.6 Å². The molecule has 30 heavy (non-hydrogen) atoms. The maximum absolute atomic E-state index is 12.8. The highest BCUT2D eigenvalue weighted by molar-refractivity contribution is 5.96. The van der Waals surface area contributed by atoms with Crippen molar-refractivity contribution >= 4 is 17.4 Å². The van der Waals surface area contributed by atoms with Gasteiger partial charge in [-0.1, -0.05) is 25.8 Å². The number of anilines is 2. The number of ether oxygens (including phenoxy) is 1. The third kappa shape index (κ3) is 5.14. The summed E-state index contributed by atoms with van der Waals surface area (Å²) in [6, 6.07) is 16.9. The summed E-state index contributed by atoms with van der Waals surface area (Å²) in [5.74, 6) is 2.20. The van der Waals surface area contributed by atoms with Crippen molar-refractivity contribution < 1.29 is 9.53 Å². The van der Waals surface area contributed by atoms with Gasteiger partial charge in [-0.05, 0) is 67.3 Å². The van der Waals surface area contributed by atoms with Crippen molar-refractivity contribution in [2.75, 3.05) is 5.32 Å². The molecule has 0 saturated heterocycles. The molecule has 6 nitrogen and oxygen atoms in total. The van der Waals surface area contributed by atoms with Gasteiger partial charge in [-0.3, -0.25) is 4.79 Å². The number of nitrogens with one attached hydrogen (secondary N) is 2. The van der Waals surface area contributed by atoms with Gasteiger partial charge in [0.05, 0.1) is 0 Å². The zero-order valence-electron chi connectivity index (χ0n) is 17.0. The van der Waals surface area contributed by atoms with Crippen LogP contribution in [0.2, 0.25) is 0 Å². The molecule has 1 amide bonds. The summed E-state index contributed by atoms with van der Waals surface area (Å²) in [7, 11) is 0. The number of aromatic nitrogens is 2. The first-order valence-corrected chi connectivity index (χ1v) is 10.4. The lowest BCUT2D eigenvalue weighted by Gasteiger charge is -2.27. The van der Waals surface area contributed by atoms with Crippen LogP contribution in [-0.4, -0.2) is 21.9 Å². The molecule has 1 aromatic carbocycles. The fourth-order valence-corrected chi connectivity index (χ4v) is 3.78.